The van der Waals surface area contributed by atoms with Gasteiger partial charge in [-0.2, -0.15) is 5.10 Å². The monoisotopic (exact) mass is 225 g/mol. The molecule has 0 aliphatic heterocycles. The highest BCUT2D eigenvalue weighted by Gasteiger charge is 2.12. The number of aromatic nitrogens is 2. The molecular weight excluding hydrogens is 206 g/mol. The van der Waals surface area contributed by atoms with Gasteiger partial charge in [0.25, 0.3) is 5.91 Å². The van der Waals surface area contributed by atoms with E-state index in [2.05, 4.69) is 10.4 Å². The minimum Gasteiger partial charge on any atom is -0.391 e. The van der Waals surface area contributed by atoms with Crippen molar-refractivity contribution in [2.75, 3.05) is 6.54 Å². The van der Waals surface area contributed by atoms with Crippen molar-refractivity contribution in [3.8, 4) is 0 Å². The molecule has 5 nitrogen and oxygen atoms in total. The lowest BCUT2D eigenvalue weighted by Crippen LogP contribution is -2.33. The van der Waals surface area contributed by atoms with Gasteiger partial charge in [0.1, 0.15) is 5.69 Å². The van der Waals surface area contributed by atoms with E-state index < -0.39 is 6.10 Å². The van der Waals surface area contributed by atoms with Gasteiger partial charge in [0, 0.05) is 13.6 Å². The van der Waals surface area contributed by atoms with Crippen LogP contribution >= 0.6 is 0 Å². The van der Waals surface area contributed by atoms with E-state index in [9.17, 15) is 9.90 Å². The van der Waals surface area contributed by atoms with Gasteiger partial charge in [-0.05, 0) is 19.4 Å². The Labute approximate surface area is 95.5 Å². The van der Waals surface area contributed by atoms with E-state index in [-0.39, 0.29) is 12.5 Å². The fraction of sp³-hybridized carbons (Fsp3) is 0.636. The third-order valence-electron chi connectivity index (χ3n) is 2.35. The van der Waals surface area contributed by atoms with Crippen molar-refractivity contribution < 1.29 is 9.90 Å². The predicted molar refractivity (Wildman–Crippen MR) is 61.2 cm³/mol. The van der Waals surface area contributed by atoms with E-state index in [1.54, 1.807) is 13.1 Å². The molecule has 1 aromatic heterocycles. The second-order valence-corrected chi connectivity index (χ2v) is 3.95. The first-order valence-corrected chi connectivity index (χ1v) is 5.51. The van der Waals surface area contributed by atoms with E-state index in [1.807, 2.05) is 13.8 Å². The normalized spacial score (nSPS) is 12.5. The third kappa shape index (κ3) is 3.34. The van der Waals surface area contributed by atoms with Crippen molar-refractivity contribution in [3.63, 3.8) is 0 Å². The lowest BCUT2D eigenvalue weighted by Gasteiger charge is -2.10. The number of aliphatic hydroxyl groups excluding tert-OH is 1. The molecule has 90 valence electrons. The smallest absolute Gasteiger partial charge is 0.269 e. The summed E-state index contributed by atoms with van der Waals surface area (Å²) >= 11 is 0. The van der Waals surface area contributed by atoms with Crippen molar-refractivity contribution in [3.05, 3.63) is 17.5 Å². The number of aryl methyl sites for hydroxylation is 2. The Kier molecular flexibility index (Phi) is 4.49. The molecule has 1 rings (SSSR count). The summed E-state index contributed by atoms with van der Waals surface area (Å²) in [5, 5.41) is 16.3. The van der Waals surface area contributed by atoms with E-state index in [4.69, 9.17) is 0 Å². The molecule has 0 saturated carbocycles. The third-order valence-corrected chi connectivity index (χ3v) is 2.35. The number of rotatable bonds is 5. The summed E-state index contributed by atoms with van der Waals surface area (Å²) in [6, 6.07) is 1.72. The van der Waals surface area contributed by atoms with Crippen LogP contribution in [0.25, 0.3) is 0 Å². The molecule has 1 unspecified atom stereocenters. The number of amides is 1. The molecule has 0 saturated heterocycles. The molecule has 0 fully saturated rings. The van der Waals surface area contributed by atoms with Crippen molar-refractivity contribution in [2.45, 2.75) is 32.8 Å². The lowest BCUT2D eigenvalue weighted by molar-refractivity contribution is 0.0901. The van der Waals surface area contributed by atoms with Crippen LogP contribution in [0.3, 0.4) is 0 Å². The Morgan fingerprint density at radius 1 is 1.69 bits per heavy atom. The maximum atomic E-state index is 11.7. The molecule has 1 atom stereocenters. The summed E-state index contributed by atoms with van der Waals surface area (Å²) < 4.78 is 1.54. The summed E-state index contributed by atoms with van der Waals surface area (Å²) in [4.78, 5) is 11.7. The van der Waals surface area contributed by atoms with Crippen LogP contribution < -0.4 is 5.32 Å². The van der Waals surface area contributed by atoms with Gasteiger partial charge in [0.05, 0.1) is 11.8 Å². The molecule has 0 aliphatic rings. The van der Waals surface area contributed by atoms with Gasteiger partial charge in [0.15, 0.2) is 0 Å². The second kappa shape index (κ2) is 5.65. The fourth-order valence-electron chi connectivity index (χ4n) is 1.56. The van der Waals surface area contributed by atoms with E-state index in [0.717, 1.165) is 12.1 Å². The summed E-state index contributed by atoms with van der Waals surface area (Å²) in [7, 11) is 1.73. The number of hydrogen-bond donors (Lipinski definition) is 2. The zero-order valence-corrected chi connectivity index (χ0v) is 10.0. The largest absolute Gasteiger partial charge is 0.391 e. The van der Waals surface area contributed by atoms with Gasteiger partial charge in [-0.3, -0.25) is 9.48 Å². The fourth-order valence-corrected chi connectivity index (χ4v) is 1.56. The average Bonchev–Trinajstić information content (AvgIpc) is 2.55. The van der Waals surface area contributed by atoms with Gasteiger partial charge in [-0.25, -0.2) is 0 Å². The van der Waals surface area contributed by atoms with E-state index >= 15 is 0 Å². The standard InChI is InChI=1S/C11H19N3O2/c1-4-5-9(15)7-12-11(16)10-6-8(2)13-14(10)3/h6,9,15H,4-5,7H2,1-3H3,(H,12,16). The van der Waals surface area contributed by atoms with Crippen LogP contribution in [0.15, 0.2) is 6.07 Å². The molecular formula is C11H19N3O2. The van der Waals surface area contributed by atoms with Gasteiger partial charge >= 0.3 is 0 Å². The molecule has 0 bridgehead atoms. The molecule has 1 amide bonds. The zero-order valence-electron chi connectivity index (χ0n) is 10.0. The quantitative estimate of drug-likeness (QED) is 0.772. The minimum absolute atomic E-state index is 0.196. The van der Waals surface area contributed by atoms with Gasteiger partial charge in [0.2, 0.25) is 0 Å². The molecule has 16 heavy (non-hydrogen) atoms. The first-order chi connectivity index (χ1) is 7.54. The van der Waals surface area contributed by atoms with Crippen LogP contribution in [0, 0.1) is 6.92 Å². The van der Waals surface area contributed by atoms with Crippen LogP contribution in [-0.2, 0) is 7.05 Å². The number of carbonyl (C=O) groups is 1. The molecule has 0 aromatic carbocycles. The molecule has 0 spiro atoms. The first kappa shape index (κ1) is 12.7. The topological polar surface area (TPSA) is 67.2 Å². The Hall–Kier alpha value is -1.36. The SMILES string of the molecule is CCCC(O)CNC(=O)c1cc(C)nn1C. The maximum absolute atomic E-state index is 11.7. The van der Waals surface area contributed by atoms with Crippen LogP contribution in [-0.4, -0.2) is 33.4 Å². The number of nitrogens with one attached hydrogen (secondary N) is 1. The Bertz CT molecular complexity index is 360. The first-order valence-electron chi connectivity index (χ1n) is 5.51. The Balaban J connectivity index is 2.50. The van der Waals surface area contributed by atoms with Crippen molar-refractivity contribution in [1.82, 2.24) is 15.1 Å². The molecule has 0 radical (unpaired) electrons. The molecule has 5 heteroatoms. The lowest BCUT2D eigenvalue weighted by atomic mass is 10.2. The van der Waals surface area contributed by atoms with Gasteiger partial charge in [-0.1, -0.05) is 13.3 Å². The number of hydrogen-bond acceptors (Lipinski definition) is 3. The predicted octanol–water partition coefficient (Wildman–Crippen LogP) is 0.619. The van der Waals surface area contributed by atoms with Crippen LogP contribution in [0.1, 0.15) is 35.9 Å². The van der Waals surface area contributed by atoms with Crippen LogP contribution in [0.5, 0.6) is 0 Å². The van der Waals surface area contributed by atoms with Crippen molar-refractivity contribution in [2.24, 2.45) is 7.05 Å². The van der Waals surface area contributed by atoms with Crippen LogP contribution in [0.2, 0.25) is 0 Å². The Morgan fingerprint density at radius 2 is 2.38 bits per heavy atom. The zero-order chi connectivity index (χ0) is 12.1. The Morgan fingerprint density at radius 3 is 2.88 bits per heavy atom. The molecule has 1 heterocycles. The van der Waals surface area contributed by atoms with Crippen molar-refractivity contribution in [1.29, 1.82) is 0 Å². The van der Waals surface area contributed by atoms with E-state index in [0.29, 0.717) is 12.1 Å². The van der Waals surface area contributed by atoms with E-state index in [1.165, 1.54) is 4.68 Å². The highest BCUT2D eigenvalue weighted by atomic mass is 16.3. The summed E-state index contributed by atoms with van der Waals surface area (Å²) in [6.07, 6.45) is 1.13. The van der Waals surface area contributed by atoms with Gasteiger partial charge < -0.3 is 10.4 Å². The number of aliphatic hydroxyl groups is 1. The average molecular weight is 225 g/mol. The van der Waals surface area contributed by atoms with Gasteiger partial charge in [-0.15, -0.1) is 0 Å². The minimum atomic E-state index is -0.469. The summed E-state index contributed by atoms with van der Waals surface area (Å²) in [5.41, 5.74) is 1.32. The van der Waals surface area contributed by atoms with Crippen LogP contribution in [0.4, 0.5) is 0 Å². The molecule has 0 aliphatic carbocycles. The summed E-state index contributed by atoms with van der Waals surface area (Å²) in [6.45, 7) is 4.12. The highest BCUT2D eigenvalue weighted by molar-refractivity contribution is 5.92. The number of carbonyl (C=O) groups excluding carboxylic acids is 1. The maximum Gasteiger partial charge on any atom is 0.269 e. The molecule has 2 N–H and O–H groups in total. The number of nitrogens with zero attached hydrogens (tertiary/aromatic N) is 2. The molecule has 1 aromatic rings. The summed E-state index contributed by atoms with van der Waals surface area (Å²) in [5.74, 6) is -0.196. The highest BCUT2D eigenvalue weighted by Crippen LogP contribution is 2.02. The van der Waals surface area contributed by atoms with Crippen molar-refractivity contribution >= 4 is 5.91 Å². The second-order valence-electron chi connectivity index (χ2n) is 3.95.